The van der Waals surface area contributed by atoms with Gasteiger partial charge in [-0.05, 0) is 37.1 Å². The lowest BCUT2D eigenvalue weighted by molar-refractivity contribution is -0.137. The van der Waals surface area contributed by atoms with Gasteiger partial charge in [0.05, 0.1) is 22.9 Å². The van der Waals surface area contributed by atoms with Gasteiger partial charge in [-0.15, -0.1) is 0 Å². The van der Waals surface area contributed by atoms with Crippen LogP contribution in [0.3, 0.4) is 0 Å². The molecule has 3 aromatic rings. The molecule has 1 aliphatic heterocycles. The molecule has 1 atom stereocenters. The van der Waals surface area contributed by atoms with E-state index in [0.29, 0.717) is 31.0 Å². The van der Waals surface area contributed by atoms with E-state index in [2.05, 4.69) is 15.3 Å². The summed E-state index contributed by atoms with van der Waals surface area (Å²) in [4.78, 5) is 35.9. The van der Waals surface area contributed by atoms with Gasteiger partial charge < -0.3 is 10.2 Å². The highest BCUT2D eigenvalue weighted by Crippen LogP contribution is 2.35. The monoisotopic (exact) mass is 457 g/mol. The number of piperidine rings is 1. The molecule has 1 aromatic carbocycles. The van der Waals surface area contributed by atoms with Gasteiger partial charge in [-0.1, -0.05) is 12.1 Å². The molecule has 1 saturated heterocycles. The first kappa shape index (κ1) is 22.5. The van der Waals surface area contributed by atoms with Crippen molar-refractivity contribution in [3.8, 4) is 11.3 Å². The average Bonchev–Trinajstić information content (AvgIpc) is 2.81. The van der Waals surface area contributed by atoms with Crippen molar-refractivity contribution >= 4 is 17.5 Å². The molecule has 2 aromatic heterocycles. The maximum Gasteiger partial charge on any atom is 0.418 e. The Morgan fingerprint density at radius 3 is 2.61 bits per heavy atom. The van der Waals surface area contributed by atoms with Crippen molar-refractivity contribution < 1.29 is 18.0 Å². The molecule has 1 amide bonds. The van der Waals surface area contributed by atoms with E-state index < -0.39 is 23.6 Å². The standard InChI is InChI=1S/C23H22F3N5O2/c1-30-20(32)13-19(15-8-10-27-11-9-15)29-22(30)31-12-4-5-16(14-31)21(33)28-18-7-3-2-6-17(18)23(24,25)26/h2-3,6-11,13,16H,4-5,12,14H2,1H3,(H,28,33). The van der Waals surface area contributed by atoms with Crippen LogP contribution in [0.15, 0.2) is 59.7 Å². The van der Waals surface area contributed by atoms with Crippen LogP contribution in [0.4, 0.5) is 24.8 Å². The van der Waals surface area contributed by atoms with E-state index in [-0.39, 0.29) is 17.8 Å². The lowest BCUT2D eigenvalue weighted by Crippen LogP contribution is -2.43. The number of halogens is 3. The molecule has 0 radical (unpaired) electrons. The number of alkyl halides is 3. The van der Waals surface area contributed by atoms with Gasteiger partial charge in [0.1, 0.15) is 0 Å². The fraction of sp³-hybridized carbons (Fsp3) is 0.304. The summed E-state index contributed by atoms with van der Waals surface area (Å²) in [5, 5.41) is 2.44. The normalized spacial score (nSPS) is 16.5. The van der Waals surface area contributed by atoms with Gasteiger partial charge in [-0.3, -0.25) is 19.1 Å². The molecule has 4 rings (SSSR count). The van der Waals surface area contributed by atoms with Gasteiger partial charge in [0, 0.05) is 44.2 Å². The molecule has 0 saturated carbocycles. The number of nitrogens with zero attached hydrogens (tertiary/aromatic N) is 4. The summed E-state index contributed by atoms with van der Waals surface area (Å²) in [7, 11) is 1.60. The number of hydrogen-bond donors (Lipinski definition) is 1. The maximum atomic E-state index is 13.3. The van der Waals surface area contributed by atoms with E-state index >= 15 is 0 Å². The van der Waals surface area contributed by atoms with E-state index in [0.717, 1.165) is 11.6 Å². The molecule has 0 spiro atoms. The number of nitrogens with one attached hydrogen (secondary N) is 1. The number of aromatic nitrogens is 3. The molecule has 10 heteroatoms. The topological polar surface area (TPSA) is 80.1 Å². The predicted octanol–water partition coefficient (Wildman–Crippen LogP) is 3.72. The third-order valence-electron chi connectivity index (χ3n) is 5.65. The summed E-state index contributed by atoms with van der Waals surface area (Å²) < 4.78 is 41.2. The molecule has 1 fully saturated rings. The fourth-order valence-electron chi connectivity index (χ4n) is 3.93. The summed E-state index contributed by atoms with van der Waals surface area (Å²) >= 11 is 0. The minimum absolute atomic E-state index is 0.236. The first-order valence-corrected chi connectivity index (χ1v) is 10.4. The van der Waals surface area contributed by atoms with Gasteiger partial charge in [0.15, 0.2) is 0 Å². The summed E-state index contributed by atoms with van der Waals surface area (Å²) in [6.45, 7) is 0.809. The van der Waals surface area contributed by atoms with Gasteiger partial charge in [0.2, 0.25) is 11.9 Å². The van der Waals surface area contributed by atoms with E-state index in [1.165, 1.54) is 28.8 Å². The van der Waals surface area contributed by atoms with Crippen LogP contribution in [0.2, 0.25) is 0 Å². The van der Waals surface area contributed by atoms with E-state index in [9.17, 15) is 22.8 Å². The number of carbonyl (C=O) groups excluding carboxylic acids is 1. The number of para-hydroxylation sites is 1. The van der Waals surface area contributed by atoms with Crippen LogP contribution in [0.1, 0.15) is 18.4 Å². The third-order valence-corrected chi connectivity index (χ3v) is 5.65. The van der Waals surface area contributed by atoms with Crippen molar-refractivity contribution in [1.29, 1.82) is 0 Å². The van der Waals surface area contributed by atoms with Gasteiger partial charge >= 0.3 is 6.18 Å². The van der Waals surface area contributed by atoms with Crippen LogP contribution in [0.25, 0.3) is 11.3 Å². The highest BCUT2D eigenvalue weighted by atomic mass is 19.4. The summed E-state index contributed by atoms with van der Waals surface area (Å²) in [6.07, 6.45) is -0.205. The van der Waals surface area contributed by atoms with Crippen LogP contribution in [-0.4, -0.2) is 33.5 Å². The van der Waals surface area contributed by atoms with Crippen LogP contribution < -0.4 is 15.8 Å². The highest BCUT2D eigenvalue weighted by molar-refractivity contribution is 5.93. The van der Waals surface area contributed by atoms with Crippen molar-refractivity contribution in [2.45, 2.75) is 19.0 Å². The van der Waals surface area contributed by atoms with E-state index in [4.69, 9.17) is 0 Å². The molecule has 0 aliphatic carbocycles. The molecule has 1 unspecified atom stereocenters. The zero-order chi connectivity index (χ0) is 23.6. The number of pyridine rings is 1. The van der Waals surface area contributed by atoms with Gasteiger partial charge in [-0.2, -0.15) is 13.2 Å². The van der Waals surface area contributed by atoms with Crippen LogP contribution in [0.5, 0.6) is 0 Å². The second-order valence-electron chi connectivity index (χ2n) is 7.89. The Morgan fingerprint density at radius 2 is 1.88 bits per heavy atom. The molecule has 1 N–H and O–H groups in total. The Morgan fingerprint density at radius 1 is 1.15 bits per heavy atom. The number of rotatable bonds is 4. The second-order valence-corrected chi connectivity index (χ2v) is 7.89. The smallest absolute Gasteiger partial charge is 0.341 e. The summed E-state index contributed by atoms with van der Waals surface area (Å²) in [5.74, 6) is -0.643. The second kappa shape index (κ2) is 9.05. The number of anilines is 2. The first-order chi connectivity index (χ1) is 15.7. The molecule has 172 valence electrons. The SMILES string of the molecule is Cn1c(N2CCCC(C(=O)Nc3ccccc3C(F)(F)F)C2)nc(-c2ccncc2)cc1=O. The number of hydrogen-bond acceptors (Lipinski definition) is 5. The zero-order valence-electron chi connectivity index (χ0n) is 17.8. The van der Waals surface area contributed by atoms with Crippen LogP contribution in [-0.2, 0) is 18.0 Å². The van der Waals surface area contributed by atoms with Gasteiger partial charge in [0.25, 0.3) is 5.56 Å². The summed E-state index contributed by atoms with van der Waals surface area (Å²) in [5.41, 5.74) is -0.185. The minimum atomic E-state index is -4.57. The Bertz CT molecular complexity index is 1210. The molecule has 3 heterocycles. The Hall–Kier alpha value is -3.69. The van der Waals surface area contributed by atoms with Crippen molar-refractivity contribution in [2.75, 3.05) is 23.3 Å². The predicted molar refractivity (Wildman–Crippen MR) is 118 cm³/mol. The van der Waals surface area contributed by atoms with Crippen molar-refractivity contribution in [3.63, 3.8) is 0 Å². The zero-order valence-corrected chi connectivity index (χ0v) is 17.8. The van der Waals surface area contributed by atoms with Crippen molar-refractivity contribution in [1.82, 2.24) is 14.5 Å². The Kier molecular flexibility index (Phi) is 6.17. The average molecular weight is 457 g/mol. The highest BCUT2D eigenvalue weighted by Gasteiger charge is 2.35. The molecular formula is C23H22F3N5O2. The lowest BCUT2D eigenvalue weighted by Gasteiger charge is -2.33. The molecular weight excluding hydrogens is 435 g/mol. The number of carbonyl (C=O) groups is 1. The van der Waals surface area contributed by atoms with E-state index in [1.54, 1.807) is 31.6 Å². The molecule has 7 nitrogen and oxygen atoms in total. The van der Waals surface area contributed by atoms with E-state index in [1.807, 2.05) is 4.90 Å². The summed E-state index contributed by atoms with van der Waals surface area (Å²) in [6, 6.07) is 9.83. The van der Waals surface area contributed by atoms with Crippen LogP contribution >= 0.6 is 0 Å². The maximum absolute atomic E-state index is 13.3. The van der Waals surface area contributed by atoms with Gasteiger partial charge in [-0.25, -0.2) is 4.98 Å². The minimum Gasteiger partial charge on any atom is -0.341 e. The quantitative estimate of drug-likeness (QED) is 0.646. The van der Waals surface area contributed by atoms with Crippen LogP contribution in [0, 0.1) is 5.92 Å². The Labute approximate surface area is 187 Å². The Balaban J connectivity index is 1.57. The number of amides is 1. The third kappa shape index (κ3) is 4.89. The lowest BCUT2D eigenvalue weighted by atomic mass is 9.97. The molecule has 1 aliphatic rings. The number of benzene rings is 1. The fourth-order valence-corrected chi connectivity index (χ4v) is 3.93. The molecule has 33 heavy (non-hydrogen) atoms. The molecule has 0 bridgehead atoms. The van der Waals surface area contributed by atoms with Crippen molar-refractivity contribution in [3.05, 3.63) is 70.8 Å². The van der Waals surface area contributed by atoms with Crippen molar-refractivity contribution in [2.24, 2.45) is 13.0 Å². The first-order valence-electron chi connectivity index (χ1n) is 10.4. The largest absolute Gasteiger partial charge is 0.418 e.